The van der Waals surface area contributed by atoms with Crippen molar-refractivity contribution in [3.8, 4) is 23.0 Å². The van der Waals surface area contributed by atoms with E-state index in [0.717, 1.165) is 51.0 Å². The van der Waals surface area contributed by atoms with Gasteiger partial charge < -0.3 is 9.30 Å². The first-order valence-electron chi connectivity index (χ1n) is 18.9. The van der Waals surface area contributed by atoms with Crippen molar-refractivity contribution in [2.24, 2.45) is 5.92 Å². The number of benzene rings is 3. The molecule has 3 heterocycles. The van der Waals surface area contributed by atoms with E-state index >= 15 is 0 Å². The van der Waals surface area contributed by atoms with E-state index < -0.39 is 0 Å². The summed E-state index contributed by atoms with van der Waals surface area (Å²) in [6.07, 6.45) is 6.67. The van der Waals surface area contributed by atoms with Crippen molar-refractivity contribution in [2.45, 2.75) is 118 Å². The molecule has 0 bridgehead atoms. The minimum absolute atomic E-state index is 0. The average Bonchev–Trinajstić information content (AvgIpc) is 3.58. The molecule has 6 heteroatoms. The van der Waals surface area contributed by atoms with Crippen LogP contribution in [0.5, 0.6) is 11.5 Å². The number of pyridine rings is 1. The van der Waals surface area contributed by atoms with Gasteiger partial charge in [-0.25, -0.2) is 4.98 Å². The second kappa shape index (κ2) is 14.0. The van der Waals surface area contributed by atoms with Gasteiger partial charge in [0.05, 0.1) is 11.4 Å². The van der Waals surface area contributed by atoms with Gasteiger partial charge in [0.1, 0.15) is 5.82 Å². The number of rotatable bonds is 5. The number of hydrogen-bond donors (Lipinski definition) is 0. The van der Waals surface area contributed by atoms with Gasteiger partial charge in [-0.2, -0.15) is 11.2 Å². The van der Waals surface area contributed by atoms with Crippen LogP contribution in [0.4, 0.5) is 0 Å². The number of fused-ring (bicyclic) bond motifs is 3. The quantitative estimate of drug-likeness (QED) is 0.128. The van der Waals surface area contributed by atoms with E-state index in [2.05, 4.69) is 165 Å². The first-order valence-corrected chi connectivity index (χ1v) is 18.9. The Labute approximate surface area is 331 Å². The molecule has 5 nitrogen and oxygen atoms in total. The summed E-state index contributed by atoms with van der Waals surface area (Å²) in [6, 6.07) is 28.6. The van der Waals surface area contributed by atoms with Gasteiger partial charge in [-0.15, -0.1) is 41.3 Å². The molecule has 7 rings (SSSR count). The molecule has 6 aromatic rings. The van der Waals surface area contributed by atoms with Gasteiger partial charge in [-0.3, -0.25) is 4.68 Å². The third-order valence-corrected chi connectivity index (χ3v) is 10.8. The average molecular weight is 886 g/mol. The Kier molecular flexibility index (Phi) is 10.3. The normalized spacial score (nSPS) is 16.9. The smallest absolute Gasteiger partial charge is 0.509 e. The molecule has 0 saturated heterocycles. The number of nitrogens with zero attached hydrogens (tertiary/aromatic N) is 4. The zero-order valence-corrected chi connectivity index (χ0v) is 35.8. The van der Waals surface area contributed by atoms with Crippen LogP contribution in [0.3, 0.4) is 0 Å². The second-order valence-electron chi connectivity index (χ2n) is 18.1. The van der Waals surface area contributed by atoms with Gasteiger partial charge in [0.15, 0.2) is 0 Å². The molecule has 2 atom stereocenters. The van der Waals surface area contributed by atoms with Crippen molar-refractivity contribution < 1.29 is 25.8 Å². The van der Waals surface area contributed by atoms with Crippen molar-refractivity contribution in [2.75, 3.05) is 0 Å². The molecule has 0 spiro atoms. The molecular formula is C47H54N4OPt. The first kappa shape index (κ1) is 38.8. The van der Waals surface area contributed by atoms with Crippen molar-refractivity contribution in [1.29, 1.82) is 0 Å². The van der Waals surface area contributed by atoms with E-state index in [0.29, 0.717) is 23.3 Å². The summed E-state index contributed by atoms with van der Waals surface area (Å²) < 4.78 is 11.1. The molecule has 3 aromatic heterocycles. The molecular weight excluding hydrogens is 832 g/mol. The van der Waals surface area contributed by atoms with Crippen LogP contribution in [0.1, 0.15) is 123 Å². The minimum atomic E-state index is -0.148. The molecule has 3 aromatic carbocycles. The van der Waals surface area contributed by atoms with Crippen LogP contribution in [0.25, 0.3) is 33.3 Å². The van der Waals surface area contributed by atoms with E-state index in [4.69, 9.17) is 14.8 Å². The van der Waals surface area contributed by atoms with Crippen LogP contribution in [0.15, 0.2) is 78.5 Å². The van der Waals surface area contributed by atoms with Gasteiger partial charge in [-0.05, 0) is 78.3 Å². The number of aryl methyl sites for hydroxylation is 1. The predicted molar refractivity (Wildman–Crippen MR) is 216 cm³/mol. The minimum Gasteiger partial charge on any atom is -0.509 e. The van der Waals surface area contributed by atoms with Gasteiger partial charge in [0.25, 0.3) is 0 Å². The monoisotopic (exact) mass is 885 g/mol. The van der Waals surface area contributed by atoms with Gasteiger partial charge in [-0.1, -0.05) is 105 Å². The number of para-hydroxylation sites is 1. The van der Waals surface area contributed by atoms with Crippen LogP contribution in [0.2, 0.25) is 0 Å². The summed E-state index contributed by atoms with van der Waals surface area (Å²) in [5.74, 6) is 3.04. The van der Waals surface area contributed by atoms with E-state index in [1.165, 1.54) is 28.8 Å². The molecule has 278 valence electrons. The Morgan fingerprint density at radius 3 is 2.17 bits per heavy atom. The number of ether oxygens (including phenoxy) is 1. The van der Waals surface area contributed by atoms with E-state index in [-0.39, 0.29) is 37.3 Å². The fraction of sp³-hybridized carbons (Fsp3) is 0.404. The fourth-order valence-electron chi connectivity index (χ4n) is 8.06. The molecule has 1 aliphatic carbocycles. The largest absolute Gasteiger partial charge is 2.00 e. The van der Waals surface area contributed by atoms with E-state index in [1.807, 2.05) is 12.3 Å². The summed E-state index contributed by atoms with van der Waals surface area (Å²) >= 11 is 0. The third kappa shape index (κ3) is 7.31. The fourth-order valence-corrected chi connectivity index (χ4v) is 8.06. The van der Waals surface area contributed by atoms with Gasteiger partial charge >= 0.3 is 21.1 Å². The maximum absolute atomic E-state index is 6.77. The summed E-state index contributed by atoms with van der Waals surface area (Å²) in [5, 5.41) is 7.54. The number of allylic oxidation sites excluding steroid dienone is 2. The van der Waals surface area contributed by atoms with Crippen LogP contribution < -0.4 is 4.74 Å². The summed E-state index contributed by atoms with van der Waals surface area (Å²) in [5.41, 5.74) is 10.2. The Hall–Kier alpha value is -3.95. The van der Waals surface area contributed by atoms with E-state index in [1.54, 1.807) is 0 Å². The van der Waals surface area contributed by atoms with Crippen LogP contribution >= 0.6 is 0 Å². The number of hydrogen-bond acceptors (Lipinski definition) is 3. The number of aromatic nitrogens is 4. The molecule has 0 radical (unpaired) electrons. The summed E-state index contributed by atoms with van der Waals surface area (Å²) in [4.78, 5) is 4.86. The molecule has 0 fully saturated rings. The maximum Gasteiger partial charge on any atom is 2.00 e. The molecule has 0 aliphatic heterocycles. The van der Waals surface area contributed by atoms with Crippen molar-refractivity contribution in [3.05, 3.63) is 119 Å². The third-order valence-electron chi connectivity index (χ3n) is 10.8. The Bertz CT molecular complexity index is 2340. The molecule has 1 unspecified atom stereocenters. The molecule has 1 aliphatic rings. The Balaban J connectivity index is 0.00000481. The topological polar surface area (TPSA) is 44.9 Å². The summed E-state index contributed by atoms with van der Waals surface area (Å²) in [7, 11) is 0. The zero-order chi connectivity index (χ0) is 37.3. The second-order valence-corrected chi connectivity index (χ2v) is 18.1. The van der Waals surface area contributed by atoms with Gasteiger partial charge in [0, 0.05) is 40.1 Å². The van der Waals surface area contributed by atoms with Crippen molar-refractivity contribution >= 4 is 21.8 Å². The SMILES string of the molecule is CC1=CCC[C@H](C)C1c1c(C)nn(-c2[c-]c(Oc3[c-]c4c(cc3)c3ccccc3n4-c3cc(C(C)(C)C)ccn3)cc(C(C)(C)C)c2)c1C(C)(C)C.[Pt+2]. The summed E-state index contributed by atoms with van der Waals surface area (Å²) in [6.45, 7) is 27.2. The van der Waals surface area contributed by atoms with E-state index in [9.17, 15) is 0 Å². The molecule has 0 N–H and O–H groups in total. The zero-order valence-electron chi connectivity index (χ0n) is 33.5. The Morgan fingerprint density at radius 1 is 0.774 bits per heavy atom. The van der Waals surface area contributed by atoms with Crippen LogP contribution in [0, 0.1) is 25.0 Å². The van der Waals surface area contributed by atoms with Crippen LogP contribution in [-0.2, 0) is 37.3 Å². The maximum atomic E-state index is 6.77. The van der Waals surface area contributed by atoms with Crippen molar-refractivity contribution in [3.63, 3.8) is 0 Å². The van der Waals surface area contributed by atoms with Gasteiger partial charge in [0.2, 0.25) is 0 Å². The predicted octanol–water partition coefficient (Wildman–Crippen LogP) is 12.4. The van der Waals surface area contributed by atoms with Crippen LogP contribution in [-0.4, -0.2) is 19.3 Å². The standard InChI is InChI=1S/C47H54N4O.Pt/c1-29-16-15-17-30(2)42(29)43-31(3)49-51(44(43)47(10,11)12)34-24-33(46(7,8)9)25-36(27-34)52-35-20-21-38-37-18-13-14-19-39(37)50(40(38)28-35)41-26-32(22-23-48-41)45(4,5)6;/h13-14,16,18-26,30,42H,15,17H2,1-12H3;/q-2;+2/t30-,42?;/m0./s1. The molecule has 0 saturated carbocycles. The molecule has 53 heavy (non-hydrogen) atoms. The Morgan fingerprint density at radius 2 is 1.49 bits per heavy atom. The van der Waals surface area contributed by atoms with Crippen molar-refractivity contribution in [1.82, 2.24) is 19.3 Å². The first-order chi connectivity index (χ1) is 24.4. The molecule has 0 amide bonds.